The smallest absolute Gasteiger partial charge is 0.121 e. The van der Waals surface area contributed by atoms with Crippen molar-refractivity contribution in [1.82, 2.24) is 5.32 Å². The van der Waals surface area contributed by atoms with Gasteiger partial charge < -0.3 is 9.73 Å². The second-order valence-corrected chi connectivity index (χ2v) is 4.36. The fourth-order valence-corrected chi connectivity index (χ4v) is 2.40. The van der Waals surface area contributed by atoms with E-state index in [1.165, 1.54) is 19.3 Å². The van der Waals surface area contributed by atoms with Gasteiger partial charge in [0.05, 0.1) is 10.7 Å². The Bertz CT molecular complexity index is 264. The Morgan fingerprint density at radius 2 is 2.31 bits per heavy atom. The molecule has 0 radical (unpaired) electrons. The molecule has 1 aliphatic heterocycles. The molecule has 1 saturated heterocycles. The lowest BCUT2D eigenvalue weighted by molar-refractivity contribution is 0.437. The van der Waals surface area contributed by atoms with Crippen molar-refractivity contribution in [3.05, 3.63) is 22.6 Å². The molecule has 72 valence electrons. The van der Waals surface area contributed by atoms with Crippen LogP contribution >= 0.6 is 15.9 Å². The van der Waals surface area contributed by atoms with E-state index in [-0.39, 0.29) is 0 Å². The van der Waals surface area contributed by atoms with Crippen LogP contribution in [-0.2, 0) is 0 Å². The Hall–Kier alpha value is -0.280. The lowest BCUT2D eigenvalue weighted by Gasteiger charge is -2.10. The van der Waals surface area contributed by atoms with E-state index in [1.807, 2.05) is 6.07 Å². The molecule has 0 aliphatic carbocycles. The summed E-state index contributed by atoms with van der Waals surface area (Å²) in [5, 5.41) is 3.40. The molecule has 1 unspecified atom stereocenters. The summed E-state index contributed by atoms with van der Waals surface area (Å²) in [6.07, 6.45) is 5.43. The number of halogens is 1. The van der Waals surface area contributed by atoms with Gasteiger partial charge in [-0.2, -0.15) is 0 Å². The number of furan rings is 1. The molecule has 1 aromatic rings. The van der Waals surface area contributed by atoms with Gasteiger partial charge in [0.25, 0.3) is 0 Å². The predicted molar refractivity (Wildman–Crippen MR) is 55.9 cm³/mol. The third-order valence-electron chi connectivity index (χ3n) is 2.59. The lowest BCUT2D eigenvalue weighted by Crippen LogP contribution is -2.13. The first-order valence-electron chi connectivity index (χ1n) is 4.81. The van der Waals surface area contributed by atoms with Crippen LogP contribution in [0.2, 0.25) is 0 Å². The van der Waals surface area contributed by atoms with Gasteiger partial charge in [0.15, 0.2) is 0 Å². The molecule has 1 aliphatic rings. The summed E-state index contributed by atoms with van der Waals surface area (Å²) in [7, 11) is 0. The van der Waals surface area contributed by atoms with Crippen LogP contribution in [0.5, 0.6) is 0 Å². The third kappa shape index (κ3) is 2.15. The summed E-state index contributed by atoms with van der Waals surface area (Å²) in [6, 6.07) is 1.98. The fraction of sp³-hybridized carbons (Fsp3) is 0.600. The Balaban J connectivity index is 2.10. The van der Waals surface area contributed by atoms with Crippen LogP contribution < -0.4 is 5.32 Å². The van der Waals surface area contributed by atoms with Crippen molar-refractivity contribution in [2.24, 2.45) is 0 Å². The maximum atomic E-state index is 5.48. The highest BCUT2D eigenvalue weighted by Gasteiger charge is 2.18. The molecule has 1 aromatic heterocycles. The third-order valence-corrected chi connectivity index (χ3v) is 3.25. The Labute approximate surface area is 86.8 Å². The van der Waals surface area contributed by atoms with Crippen molar-refractivity contribution < 1.29 is 4.42 Å². The maximum absolute atomic E-state index is 5.48. The van der Waals surface area contributed by atoms with E-state index in [2.05, 4.69) is 21.2 Å². The Morgan fingerprint density at radius 3 is 3.08 bits per heavy atom. The summed E-state index contributed by atoms with van der Waals surface area (Å²) in [4.78, 5) is 0. The molecule has 1 N–H and O–H groups in total. The van der Waals surface area contributed by atoms with Crippen molar-refractivity contribution in [3.63, 3.8) is 0 Å². The Morgan fingerprint density at radius 1 is 1.38 bits per heavy atom. The molecule has 2 nitrogen and oxygen atoms in total. The van der Waals surface area contributed by atoms with Crippen LogP contribution in [0.3, 0.4) is 0 Å². The number of rotatable bonds is 1. The minimum Gasteiger partial charge on any atom is -0.468 e. The summed E-state index contributed by atoms with van der Waals surface area (Å²) in [5.41, 5.74) is 0. The summed E-state index contributed by atoms with van der Waals surface area (Å²) in [5.74, 6) is 1.73. The largest absolute Gasteiger partial charge is 0.468 e. The van der Waals surface area contributed by atoms with Crippen LogP contribution in [0.4, 0.5) is 0 Å². The van der Waals surface area contributed by atoms with Crippen molar-refractivity contribution >= 4 is 15.9 Å². The van der Waals surface area contributed by atoms with Gasteiger partial charge in [-0.3, -0.25) is 0 Å². The quantitative estimate of drug-likeness (QED) is 0.821. The van der Waals surface area contributed by atoms with E-state index in [9.17, 15) is 0 Å². The second kappa shape index (κ2) is 4.29. The van der Waals surface area contributed by atoms with E-state index in [1.54, 1.807) is 6.26 Å². The maximum Gasteiger partial charge on any atom is 0.121 e. The molecule has 13 heavy (non-hydrogen) atoms. The molecule has 0 saturated carbocycles. The highest BCUT2D eigenvalue weighted by atomic mass is 79.9. The van der Waals surface area contributed by atoms with E-state index < -0.39 is 0 Å². The van der Waals surface area contributed by atoms with E-state index in [4.69, 9.17) is 4.42 Å². The normalized spacial score (nSPS) is 24.2. The SMILES string of the molecule is Brc1ccoc1C1CCCNCC1. The van der Waals surface area contributed by atoms with Crippen molar-refractivity contribution in [2.45, 2.75) is 25.2 Å². The molecule has 0 amide bonds. The summed E-state index contributed by atoms with van der Waals surface area (Å²) in [6.45, 7) is 2.26. The lowest BCUT2D eigenvalue weighted by atomic mass is 9.98. The van der Waals surface area contributed by atoms with Crippen LogP contribution in [-0.4, -0.2) is 13.1 Å². The number of hydrogen-bond donors (Lipinski definition) is 1. The van der Waals surface area contributed by atoms with Crippen LogP contribution in [0.15, 0.2) is 21.2 Å². The average molecular weight is 244 g/mol. The van der Waals surface area contributed by atoms with Gasteiger partial charge in [0.2, 0.25) is 0 Å². The Kier molecular flexibility index (Phi) is 3.06. The van der Waals surface area contributed by atoms with Gasteiger partial charge in [-0.15, -0.1) is 0 Å². The molecule has 0 spiro atoms. The monoisotopic (exact) mass is 243 g/mol. The number of hydrogen-bond acceptors (Lipinski definition) is 2. The van der Waals surface area contributed by atoms with E-state index >= 15 is 0 Å². The van der Waals surface area contributed by atoms with Gasteiger partial charge >= 0.3 is 0 Å². The molecule has 2 rings (SSSR count). The van der Waals surface area contributed by atoms with Crippen molar-refractivity contribution in [3.8, 4) is 0 Å². The first-order chi connectivity index (χ1) is 6.38. The molecule has 0 bridgehead atoms. The van der Waals surface area contributed by atoms with Gasteiger partial charge in [-0.25, -0.2) is 0 Å². The van der Waals surface area contributed by atoms with Crippen LogP contribution in [0.1, 0.15) is 30.9 Å². The molecule has 3 heteroatoms. The zero-order valence-electron chi connectivity index (χ0n) is 7.55. The zero-order chi connectivity index (χ0) is 9.10. The topological polar surface area (TPSA) is 25.2 Å². The summed E-state index contributed by atoms with van der Waals surface area (Å²) >= 11 is 3.51. The second-order valence-electron chi connectivity index (χ2n) is 3.51. The molecule has 1 fully saturated rings. The standard InChI is InChI=1S/C10H14BrNO/c11-9-4-7-13-10(9)8-2-1-5-12-6-3-8/h4,7-8,12H,1-3,5-6H2. The average Bonchev–Trinajstić information content (AvgIpc) is 2.43. The highest BCUT2D eigenvalue weighted by molar-refractivity contribution is 9.10. The fourth-order valence-electron chi connectivity index (χ4n) is 1.88. The predicted octanol–water partition coefficient (Wildman–Crippen LogP) is 2.90. The minimum absolute atomic E-state index is 0.597. The van der Waals surface area contributed by atoms with Crippen LogP contribution in [0.25, 0.3) is 0 Å². The molecular formula is C10H14BrNO. The molecule has 1 atom stereocenters. The first kappa shape index (κ1) is 9.28. The first-order valence-corrected chi connectivity index (χ1v) is 5.61. The zero-order valence-corrected chi connectivity index (χ0v) is 9.14. The minimum atomic E-state index is 0.597. The van der Waals surface area contributed by atoms with E-state index in [0.29, 0.717) is 5.92 Å². The van der Waals surface area contributed by atoms with Gasteiger partial charge in [-0.1, -0.05) is 0 Å². The van der Waals surface area contributed by atoms with Crippen LogP contribution in [0, 0.1) is 0 Å². The van der Waals surface area contributed by atoms with Gasteiger partial charge in [0.1, 0.15) is 5.76 Å². The molecular weight excluding hydrogens is 230 g/mol. The summed E-state index contributed by atoms with van der Waals surface area (Å²) < 4.78 is 6.61. The van der Waals surface area contributed by atoms with Crippen molar-refractivity contribution in [2.75, 3.05) is 13.1 Å². The number of nitrogens with one attached hydrogen (secondary N) is 1. The molecule has 2 heterocycles. The van der Waals surface area contributed by atoms with Gasteiger partial charge in [-0.05, 0) is 54.3 Å². The highest BCUT2D eigenvalue weighted by Crippen LogP contribution is 2.32. The molecule has 0 aromatic carbocycles. The van der Waals surface area contributed by atoms with Gasteiger partial charge in [0, 0.05) is 5.92 Å². The van der Waals surface area contributed by atoms with E-state index in [0.717, 1.165) is 23.3 Å². The van der Waals surface area contributed by atoms with Crippen molar-refractivity contribution in [1.29, 1.82) is 0 Å².